The summed E-state index contributed by atoms with van der Waals surface area (Å²) in [5.74, 6) is 0. The minimum atomic E-state index is -0.332. The van der Waals surface area contributed by atoms with Crippen LogP contribution < -0.4 is 0 Å². The van der Waals surface area contributed by atoms with Gasteiger partial charge in [0.1, 0.15) is 0 Å². The minimum absolute atomic E-state index is 0.332. The SMILES string of the molecule is C/C=C/C(C)=C\[C@@H](C)O. The summed E-state index contributed by atoms with van der Waals surface area (Å²) in [6.07, 6.45) is 5.39. The Morgan fingerprint density at radius 3 is 2.44 bits per heavy atom. The Morgan fingerprint density at radius 2 is 2.11 bits per heavy atom. The molecular weight excluding hydrogens is 112 g/mol. The Balaban J connectivity index is 3.84. The van der Waals surface area contributed by atoms with E-state index in [1.54, 1.807) is 13.0 Å². The number of aliphatic hydroxyl groups is 1. The second kappa shape index (κ2) is 4.33. The van der Waals surface area contributed by atoms with Crippen molar-refractivity contribution in [2.75, 3.05) is 0 Å². The first-order valence-corrected chi connectivity index (χ1v) is 3.16. The van der Waals surface area contributed by atoms with Gasteiger partial charge < -0.3 is 5.11 Å². The third kappa shape index (κ3) is 5.31. The van der Waals surface area contributed by atoms with E-state index in [1.165, 1.54) is 0 Å². The average Bonchev–Trinajstić information content (AvgIpc) is 1.63. The van der Waals surface area contributed by atoms with E-state index in [1.807, 2.05) is 26.0 Å². The molecular formula is C8H14O. The standard InChI is InChI=1S/C8H14O/c1-4-5-7(2)6-8(3)9/h4-6,8-9H,1-3H3/b5-4+,7-6-/t8-/m1/s1. The Hall–Kier alpha value is -0.560. The molecule has 0 unspecified atom stereocenters. The fourth-order valence-electron chi connectivity index (χ4n) is 0.699. The van der Waals surface area contributed by atoms with E-state index in [-0.39, 0.29) is 6.10 Å². The largest absolute Gasteiger partial charge is 0.389 e. The molecule has 0 aliphatic heterocycles. The molecule has 0 aromatic heterocycles. The molecule has 0 aromatic rings. The lowest BCUT2D eigenvalue weighted by Gasteiger charge is -1.94. The fourth-order valence-corrected chi connectivity index (χ4v) is 0.699. The van der Waals surface area contributed by atoms with Crippen molar-refractivity contribution < 1.29 is 5.11 Å². The van der Waals surface area contributed by atoms with Crippen LogP contribution in [-0.2, 0) is 0 Å². The topological polar surface area (TPSA) is 20.2 Å². The molecule has 1 atom stereocenters. The maximum Gasteiger partial charge on any atom is 0.0698 e. The maximum absolute atomic E-state index is 8.84. The number of aliphatic hydroxyl groups excluding tert-OH is 1. The van der Waals surface area contributed by atoms with E-state index in [0.29, 0.717) is 0 Å². The van der Waals surface area contributed by atoms with Crippen LogP contribution >= 0.6 is 0 Å². The second-order valence-corrected chi connectivity index (χ2v) is 2.15. The number of hydrogen-bond donors (Lipinski definition) is 1. The normalized spacial score (nSPS) is 16.7. The Bertz CT molecular complexity index is 121. The summed E-state index contributed by atoms with van der Waals surface area (Å²) in [7, 11) is 0. The summed E-state index contributed by atoms with van der Waals surface area (Å²) < 4.78 is 0. The summed E-state index contributed by atoms with van der Waals surface area (Å²) in [6.45, 7) is 5.67. The van der Waals surface area contributed by atoms with E-state index < -0.39 is 0 Å². The van der Waals surface area contributed by atoms with E-state index in [0.717, 1.165) is 5.57 Å². The van der Waals surface area contributed by atoms with Crippen molar-refractivity contribution >= 4 is 0 Å². The summed E-state index contributed by atoms with van der Waals surface area (Å²) in [4.78, 5) is 0. The zero-order valence-corrected chi connectivity index (χ0v) is 6.26. The molecule has 0 aliphatic rings. The monoisotopic (exact) mass is 126 g/mol. The predicted molar refractivity (Wildman–Crippen MR) is 40.3 cm³/mol. The van der Waals surface area contributed by atoms with E-state index in [2.05, 4.69) is 0 Å². The molecule has 1 N–H and O–H groups in total. The van der Waals surface area contributed by atoms with E-state index in [4.69, 9.17) is 5.11 Å². The van der Waals surface area contributed by atoms with Crippen LogP contribution in [0.4, 0.5) is 0 Å². The summed E-state index contributed by atoms with van der Waals surface area (Å²) in [6, 6.07) is 0. The summed E-state index contributed by atoms with van der Waals surface area (Å²) in [5, 5.41) is 8.84. The molecule has 0 aliphatic carbocycles. The van der Waals surface area contributed by atoms with Crippen LogP contribution in [0.15, 0.2) is 23.8 Å². The molecule has 52 valence electrons. The van der Waals surface area contributed by atoms with Gasteiger partial charge in [-0.05, 0) is 20.8 Å². The highest BCUT2D eigenvalue weighted by atomic mass is 16.3. The average molecular weight is 126 g/mol. The van der Waals surface area contributed by atoms with Crippen LogP contribution in [0.1, 0.15) is 20.8 Å². The fraction of sp³-hybridized carbons (Fsp3) is 0.500. The van der Waals surface area contributed by atoms with E-state index in [9.17, 15) is 0 Å². The Morgan fingerprint density at radius 1 is 1.56 bits per heavy atom. The van der Waals surface area contributed by atoms with Crippen molar-refractivity contribution in [3.05, 3.63) is 23.8 Å². The van der Waals surface area contributed by atoms with Crippen LogP contribution in [-0.4, -0.2) is 11.2 Å². The van der Waals surface area contributed by atoms with Crippen LogP contribution in [0.5, 0.6) is 0 Å². The molecule has 0 spiro atoms. The molecule has 0 fully saturated rings. The lowest BCUT2D eigenvalue weighted by atomic mass is 10.2. The summed E-state index contributed by atoms with van der Waals surface area (Å²) in [5.41, 5.74) is 1.10. The van der Waals surface area contributed by atoms with Gasteiger partial charge in [0.05, 0.1) is 6.10 Å². The van der Waals surface area contributed by atoms with Crippen molar-refractivity contribution in [2.45, 2.75) is 26.9 Å². The quantitative estimate of drug-likeness (QED) is 0.560. The van der Waals surface area contributed by atoms with Gasteiger partial charge in [-0.3, -0.25) is 0 Å². The lowest BCUT2D eigenvalue weighted by molar-refractivity contribution is 0.243. The molecule has 9 heavy (non-hydrogen) atoms. The molecule has 0 aromatic carbocycles. The van der Waals surface area contributed by atoms with Crippen LogP contribution in [0, 0.1) is 0 Å². The van der Waals surface area contributed by atoms with Gasteiger partial charge in [0, 0.05) is 0 Å². The smallest absolute Gasteiger partial charge is 0.0698 e. The number of rotatable bonds is 2. The molecule has 0 radical (unpaired) electrons. The first kappa shape index (κ1) is 8.44. The van der Waals surface area contributed by atoms with Gasteiger partial charge in [0.25, 0.3) is 0 Å². The summed E-state index contributed by atoms with van der Waals surface area (Å²) >= 11 is 0. The molecule has 1 nitrogen and oxygen atoms in total. The highest BCUT2D eigenvalue weighted by Gasteiger charge is 1.86. The van der Waals surface area contributed by atoms with Gasteiger partial charge in [-0.1, -0.05) is 23.8 Å². The Labute approximate surface area is 56.7 Å². The van der Waals surface area contributed by atoms with Gasteiger partial charge >= 0.3 is 0 Å². The number of hydrogen-bond acceptors (Lipinski definition) is 1. The zero-order chi connectivity index (χ0) is 7.28. The molecule has 0 saturated carbocycles. The third-order valence-corrected chi connectivity index (χ3v) is 0.934. The first-order chi connectivity index (χ1) is 4.16. The minimum Gasteiger partial charge on any atom is -0.389 e. The van der Waals surface area contributed by atoms with Gasteiger partial charge in [-0.25, -0.2) is 0 Å². The molecule has 0 amide bonds. The van der Waals surface area contributed by atoms with Crippen molar-refractivity contribution in [1.82, 2.24) is 0 Å². The molecule has 0 rings (SSSR count). The van der Waals surface area contributed by atoms with Crippen LogP contribution in [0.25, 0.3) is 0 Å². The molecule has 0 bridgehead atoms. The van der Waals surface area contributed by atoms with Gasteiger partial charge in [0.2, 0.25) is 0 Å². The maximum atomic E-state index is 8.84. The van der Waals surface area contributed by atoms with Gasteiger partial charge in [-0.2, -0.15) is 0 Å². The molecule has 1 heteroatoms. The first-order valence-electron chi connectivity index (χ1n) is 3.16. The van der Waals surface area contributed by atoms with Crippen molar-refractivity contribution in [3.63, 3.8) is 0 Å². The highest BCUT2D eigenvalue weighted by molar-refractivity contribution is 5.16. The van der Waals surface area contributed by atoms with Crippen molar-refractivity contribution in [1.29, 1.82) is 0 Å². The Kier molecular flexibility index (Phi) is 4.06. The van der Waals surface area contributed by atoms with Crippen LogP contribution in [0.3, 0.4) is 0 Å². The van der Waals surface area contributed by atoms with E-state index >= 15 is 0 Å². The molecule has 0 saturated heterocycles. The van der Waals surface area contributed by atoms with Crippen molar-refractivity contribution in [3.8, 4) is 0 Å². The van der Waals surface area contributed by atoms with Crippen LogP contribution in [0.2, 0.25) is 0 Å². The van der Waals surface area contributed by atoms with Gasteiger partial charge in [-0.15, -0.1) is 0 Å². The predicted octanol–water partition coefficient (Wildman–Crippen LogP) is 1.89. The lowest BCUT2D eigenvalue weighted by Crippen LogP contribution is -1.92. The third-order valence-electron chi connectivity index (χ3n) is 0.934. The molecule has 0 heterocycles. The number of allylic oxidation sites excluding steroid dienone is 3. The second-order valence-electron chi connectivity index (χ2n) is 2.15. The van der Waals surface area contributed by atoms with Crippen molar-refractivity contribution in [2.24, 2.45) is 0 Å². The van der Waals surface area contributed by atoms with Gasteiger partial charge in [0.15, 0.2) is 0 Å². The highest BCUT2D eigenvalue weighted by Crippen LogP contribution is 1.96. The zero-order valence-electron chi connectivity index (χ0n) is 6.26.